The molecule has 0 heterocycles. The molecule has 0 amide bonds. The van der Waals surface area contributed by atoms with Gasteiger partial charge in [-0.15, -0.1) is 0 Å². The summed E-state index contributed by atoms with van der Waals surface area (Å²) in [6, 6.07) is 5.27. The number of hydrogen-bond acceptors (Lipinski definition) is 3. The van der Waals surface area contributed by atoms with Crippen molar-refractivity contribution in [2.45, 2.75) is 32.4 Å². The molecule has 0 bridgehead atoms. The first-order valence-corrected chi connectivity index (χ1v) is 6.52. The average Bonchev–Trinajstić information content (AvgIpc) is 2.27. The topological polar surface area (TPSA) is 55.5 Å². The summed E-state index contributed by atoms with van der Waals surface area (Å²) in [4.78, 5) is 0. The molecule has 0 spiro atoms. The van der Waals surface area contributed by atoms with Gasteiger partial charge in [-0.25, -0.2) is 0 Å². The molecule has 4 heteroatoms. The normalized spacial score (nSPS) is 14.8. The van der Waals surface area contributed by atoms with E-state index < -0.39 is 6.10 Å². The van der Waals surface area contributed by atoms with Gasteiger partial charge in [0.05, 0.1) is 23.7 Å². The van der Waals surface area contributed by atoms with Gasteiger partial charge in [0, 0.05) is 0 Å². The molecule has 0 saturated carbocycles. The van der Waals surface area contributed by atoms with Gasteiger partial charge >= 0.3 is 0 Å². The Hall–Kier alpha value is -0.580. The largest absolute Gasteiger partial charge is 0.496 e. The number of nitrogens with two attached hydrogens (primary N) is 1. The molecular formula is C13H20BrNO2. The number of halogens is 1. The van der Waals surface area contributed by atoms with Gasteiger partial charge in [-0.2, -0.15) is 0 Å². The van der Waals surface area contributed by atoms with E-state index in [1.165, 1.54) is 0 Å². The maximum Gasteiger partial charge on any atom is 0.133 e. The molecule has 0 aliphatic rings. The van der Waals surface area contributed by atoms with E-state index in [-0.39, 0.29) is 6.04 Å². The fourth-order valence-corrected chi connectivity index (χ4v) is 2.30. The van der Waals surface area contributed by atoms with Crippen molar-refractivity contribution in [3.05, 3.63) is 28.2 Å². The van der Waals surface area contributed by atoms with Gasteiger partial charge < -0.3 is 15.6 Å². The van der Waals surface area contributed by atoms with E-state index in [1.54, 1.807) is 7.11 Å². The molecule has 1 rings (SSSR count). The van der Waals surface area contributed by atoms with Crippen LogP contribution in [0.2, 0.25) is 0 Å². The molecule has 0 aliphatic heterocycles. The highest BCUT2D eigenvalue weighted by atomic mass is 79.9. The van der Waals surface area contributed by atoms with Crippen LogP contribution in [-0.4, -0.2) is 18.3 Å². The monoisotopic (exact) mass is 301 g/mol. The molecular weight excluding hydrogens is 282 g/mol. The highest BCUT2D eigenvalue weighted by Crippen LogP contribution is 2.29. The summed E-state index contributed by atoms with van der Waals surface area (Å²) >= 11 is 3.41. The van der Waals surface area contributed by atoms with Crippen LogP contribution in [0, 0.1) is 5.92 Å². The Kier molecular flexibility index (Phi) is 5.43. The van der Waals surface area contributed by atoms with Gasteiger partial charge in [0.15, 0.2) is 0 Å². The predicted molar refractivity (Wildman–Crippen MR) is 73.1 cm³/mol. The Morgan fingerprint density at radius 3 is 2.53 bits per heavy atom. The lowest BCUT2D eigenvalue weighted by Crippen LogP contribution is -2.27. The molecule has 0 radical (unpaired) electrons. The molecule has 0 saturated heterocycles. The third-order valence-electron chi connectivity index (χ3n) is 2.69. The van der Waals surface area contributed by atoms with Gasteiger partial charge in [-0.05, 0) is 46.0 Å². The van der Waals surface area contributed by atoms with Crippen LogP contribution in [0.5, 0.6) is 5.75 Å². The van der Waals surface area contributed by atoms with Crippen LogP contribution in [0.3, 0.4) is 0 Å². The van der Waals surface area contributed by atoms with Crippen molar-refractivity contribution >= 4 is 15.9 Å². The van der Waals surface area contributed by atoms with Crippen LogP contribution >= 0.6 is 15.9 Å². The molecule has 0 aromatic heterocycles. The van der Waals surface area contributed by atoms with E-state index in [4.69, 9.17) is 10.5 Å². The lowest BCUT2D eigenvalue weighted by atomic mass is 9.95. The fraction of sp³-hybridized carbons (Fsp3) is 0.538. The van der Waals surface area contributed by atoms with E-state index >= 15 is 0 Å². The maximum atomic E-state index is 9.99. The van der Waals surface area contributed by atoms with Gasteiger partial charge in [-0.3, -0.25) is 0 Å². The second kappa shape index (κ2) is 6.38. The quantitative estimate of drug-likeness (QED) is 0.879. The first kappa shape index (κ1) is 14.5. The van der Waals surface area contributed by atoms with Crippen molar-refractivity contribution in [1.29, 1.82) is 0 Å². The number of methoxy groups -OCH3 is 1. The Morgan fingerprint density at radius 2 is 2.06 bits per heavy atom. The Labute approximate surface area is 111 Å². The van der Waals surface area contributed by atoms with Gasteiger partial charge in [0.2, 0.25) is 0 Å². The molecule has 0 unspecified atom stereocenters. The summed E-state index contributed by atoms with van der Waals surface area (Å²) in [5, 5.41) is 9.99. The van der Waals surface area contributed by atoms with Crippen molar-refractivity contribution in [1.82, 2.24) is 0 Å². The van der Waals surface area contributed by atoms with Crippen LogP contribution in [0.4, 0.5) is 0 Å². The molecule has 1 aromatic carbocycles. The van der Waals surface area contributed by atoms with Crippen molar-refractivity contribution in [2.24, 2.45) is 11.7 Å². The minimum absolute atomic E-state index is 0.361. The molecule has 96 valence electrons. The molecule has 0 fully saturated rings. The number of benzene rings is 1. The van der Waals surface area contributed by atoms with Gasteiger partial charge in [0.25, 0.3) is 0 Å². The summed E-state index contributed by atoms with van der Waals surface area (Å²) in [5.74, 6) is 1.19. The summed E-state index contributed by atoms with van der Waals surface area (Å²) in [6.07, 6.45) is 0.181. The first-order valence-electron chi connectivity index (χ1n) is 5.72. The molecule has 3 nitrogen and oxygen atoms in total. The smallest absolute Gasteiger partial charge is 0.133 e. The molecule has 0 aliphatic carbocycles. The third kappa shape index (κ3) is 3.98. The average molecular weight is 302 g/mol. The van der Waals surface area contributed by atoms with Crippen LogP contribution < -0.4 is 10.5 Å². The lowest BCUT2D eigenvalue weighted by Gasteiger charge is -2.21. The maximum absolute atomic E-state index is 9.99. The van der Waals surface area contributed by atoms with Crippen LogP contribution in [0.1, 0.15) is 31.9 Å². The minimum atomic E-state index is -0.518. The Balaban J connectivity index is 2.82. The summed E-state index contributed by atoms with van der Waals surface area (Å²) in [5.41, 5.74) is 6.94. The molecule has 3 N–H and O–H groups in total. The van der Waals surface area contributed by atoms with Gasteiger partial charge in [0.1, 0.15) is 5.75 Å². The van der Waals surface area contributed by atoms with E-state index in [1.807, 2.05) is 18.2 Å². The zero-order valence-corrected chi connectivity index (χ0v) is 12.1. The fourth-order valence-electron chi connectivity index (χ4n) is 1.74. The van der Waals surface area contributed by atoms with E-state index in [2.05, 4.69) is 29.8 Å². The SMILES string of the molecule is COc1ccc([C@@H](N)[C@@H](O)CC(C)C)cc1Br. The summed E-state index contributed by atoms with van der Waals surface area (Å²) < 4.78 is 6.01. The third-order valence-corrected chi connectivity index (χ3v) is 3.31. The van der Waals surface area contributed by atoms with Crippen LogP contribution in [-0.2, 0) is 0 Å². The van der Waals surface area contributed by atoms with E-state index in [9.17, 15) is 5.11 Å². The standard InChI is InChI=1S/C13H20BrNO2/c1-8(2)6-11(16)13(15)9-4-5-12(17-3)10(14)7-9/h4-5,7-8,11,13,16H,6,15H2,1-3H3/t11-,13+/m0/s1. The zero-order chi connectivity index (χ0) is 13.0. The van der Waals surface area contributed by atoms with Crippen molar-refractivity contribution < 1.29 is 9.84 Å². The first-order chi connectivity index (χ1) is 7.95. The van der Waals surface area contributed by atoms with Crippen molar-refractivity contribution in [3.8, 4) is 5.75 Å². The van der Waals surface area contributed by atoms with E-state index in [0.29, 0.717) is 12.3 Å². The molecule has 17 heavy (non-hydrogen) atoms. The lowest BCUT2D eigenvalue weighted by molar-refractivity contribution is 0.121. The second-order valence-electron chi connectivity index (χ2n) is 4.62. The van der Waals surface area contributed by atoms with Crippen molar-refractivity contribution in [3.63, 3.8) is 0 Å². The molecule has 1 aromatic rings. The highest BCUT2D eigenvalue weighted by molar-refractivity contribution is 9.10. The number of rotatable bonds is 5. The van der Waals surface area contributed by atoms with Crippen LogP contribution in [0.15, 0.2) is 22.7 Å². The van der Waals surface area contributed by atoms with Crippen LogP contribution in [0.25, 0.3) is 0 Å². The zero-order valence-electron chi connectivity index (χ0n) is 10.5. The predicted octanol–water partition coefficient (Wildman–Crippen LogP) is 2.86. The van der Waals surface area contributed by atoms with Gasteiger partial charge in [-0.1, -0.05) is 19.9 Å². The second-order valence-corrected chi connectivity index (χ2v) is 5.47. The Morgan fingerprint density at radius 1 is 1.41 bits per heavy atom. The minimum Gasteiger partial charge on any atom is -0.496 e. The molecule has 2 atom stereocenters. The number of ether oxygens (including phenoxy) is 1. The highest BCUT2D eigenvalue weighted by Gasteiger charge is 2.18. The number of aliphatic hydroxyl groups excluding tert-OH is 1. The van der Waals surface area contributed by atoms with Crippen molar-refractivity contribution in [2.75, 3.05) is 7.11 Å². The number of hydrogen-bond donors (Lipinski definition) is 2. The Bertz CT molecular complexity index is 368. The number of aliphatic hydroxyl groups is 1. The summed E-state index contributed by atoms with van der Waals surface area (Å²) in [6.45, 7) is 4.14. The summed E-state index contributed by atoms with van der Waals surface area (Å²) in [7, 11) is 1.62. The van der Waals surface area contributed by atoms with E-state index in [0.717, 1.165) is 15.8 Å².